The third-order valence-electron chi connectivity index (χ3n) is 3.36. The molecule has 0 radical (unpaired) electrons. The summed E-state index contributed by atoms with van der Waals surface area (Å²) >= 11 is 3.47. The molecule has 0 saturated carbocycles. The molecule has 4 heteroatoms. The summed E-state index contributed by atoms with van der Waals surface area (Å²) in [6.07, 6.45) is 3.16. The molecule has 0 aromatic heterocycles. The van der Waals surface area contributed by atoms with E-state index >= 15 is 0 Å². The van der Waals surface area contributed by atoms with Crippen LogP contribution >= 0.6 is 15.9 Å². The Balaban J connectivity index is 2.07. The molecule has 18 heavy (non-hydrogen) atoms. The van der Waals surface area contributed by atoms with Crippen molar-refractivity contribution in [2.75, 3.05) is 13.7 Å². The second-order valence-electron chi connectivity index (χ2n) is 4.64. The van der Waals surface area contributed by atoms with Crippen molar-refractivity contribution >= 4 is 21.9 Å². The van der Waals surface area contributed by atoms with E-state index in [0.29, 0.717) is 0 Å². The van der Waals surface area contributed by atoms with Gasteiger partial charge in [-0.1, -0.05) is 34.5 Å². The van der Waals surface area contributed by atoms with Crippen LogP contribution < -0.4 is 0 Å². The number of rotatable bonds is 3. The minimum atomic E-state index is -0.107. The van der Waals surface area contributed by atoms with Gasteiger partial charge in [0.05, 0.1) is 7.11 Å². The quantitative estimate of drug-likeness (QED) is 0.804. The molecule has 0 amide bonds. The first-order valence-electron chi connectivity index (χ1n) is 6.27. The Labute approximate surface area is 116 Å². The second kappa shape index (κ2) is 6.34. The van der Waals surface area contributed by atoms with Crippen molar-refractivity contribution in [1.29, 1.82) is 0 Å². The predicted molar refractivity (Wildman–Crippen MR) is 74.2 cm³/mol. The number of carbonyl (C=O) groups excluding carboxylic acids is 1. The maximum Gasteiger partial charge on any atom is 0.323 e. The number of hydrogen-bond acceptors (Lipinski definition) is 3. The lowest BCUT2D eigenvalue weighted by atomic mass is 10.0. The second-order valence-corrected chi connectivity index (χ2v) is 5.55. The van der Waals surface area contributed by atoms with Crippen molar-refractivity contribution in [1.82, 2.24) is 4.90 Å². The average Bonchev–Trinajstić information content (AvgIpc) is 2.38. The van der Waals surface area contributed by atoms with Gasteiger partial charge < -0.3 is 4.74 Å². The monoisotopic (exact) mass is 311 g/mol. The number of methoxy groups -OCH3 is 1. The SMILES string of the molecule is COC(=O)[C@H]1CCCCN1Cc1cccc(Br)c1. The molecule has 0 N–H and O–H groups in total. The average molecular weight is 312 g/mol. The lowest BCUT2D eigenvalue weighted by molar-refractivity contribution is -0.148. The number of esters is 1. The number of halogens is 1. The van der Waals surface area contributed by atoms with E-state index in [1.807, 2.05) is 12.1 Å². The van der Waals surface area contributed by atoms with Gasteiger partial charge in [0.25, 0.3) is 0 Å². The molecule has 1 aromatic rings. The maximum absolute atomic E-state index is 11.8. The van der Waals surface area contributed by atoms with Gasteiger partial charge in [-0.05, 0) is 37.1 Å². The molecule has 3 nitrogen and oxygen atoms in total. The normalized spacial score (nSPS) is 20.7. The lowest BCUT2D eigenvalue weighted by Gasteiger charge is -2.33. The van der Waals surface area contributed by atoms with Gasteiger partial charge in [-0.2, -0.15) is 0 Å². The number of nitrogens with zero attached hydrogens (tertiary/aromatic N) is 1. The predicted octanol–water partition coefficient (Wildman–Crippen LogP) is 2.98. The van der Waals surface area contributed by atoms with Crippen LogP contribution in [0.3, 0.4) is 0 Å². The van der Waals surface area contributed by atoms with E-state index in [9.17, 15) is 4.79 Å². The minimum absolute atomic E-state index is 0.0808. The highest BCUT2D eigenvalue weighted by atomic mass is 79.9. The Morgan fingerprint density at radius 3 is 3.06 bits per heavy atom. The Morgan fingerprint density at radius 1 is 1.50 bits per heavy atom. The van der Waals surface area contributed by atoms with E-state index in [1.165, 1.54) is 12.7 Å². The zero-order valence-electron chi connectivity index (χ0n) is 10.6. The zero-order valence-corrected chi connectivity index (χ0v) is 12.1. The third-order valence-corrected chi connectivity index (χ3v) is 3.85. The van der Waals surface area contributed by atoms with E-state index in [4.69, 9.17) is 4.74 Å². The molecule has 1 heterocycles. The number of carbonyl (C=O) groups is 1. The fraction of sp³-hybridized carbons (Fsp3) is 0.500. The zero-order chi connectivity index (χ0) is 13.0. The molecule has 2 rings (SSSR count). The van der Waals surface area contributed by atoms with Gasteiger partial charge in [0.2, 0.25) is 0 Å². The van der Waals surface area contributed by atoms with Crippen LogP contribution in [-0.4, -0.2) is 30.6 Å². The minimum Gasteiger partial charge on any atom is -0.468 e. The fourth-order valence-electron chi connectivity index (χ4n) is 2.45. The number of likely N-dealkylation sites (tertiary alicyclic amines) is 1. The standard InChI is InChI=1S/C14H18BrNO2/c1-18-14(17)13-7-2-3-8-16(13)10-11-5-4-6-12(15)9-11/h4-6,9,13H,2-3,7-8,10H2,1H3/t13-/m1/s1. The molecule has 98 valence electrons. The van der Waals surface area contributed by atoms with Crippen LogP contribution in [0.15, 0.2) is 28.7 Å². The summed E-state index contributed by atoms with van der Waals surface area (Å²) in [5.41, 5.74) is 1.22. The van der Waals surface area contributed by atoms with Gasteiger partial charge in [0.1, 0.15) is 6.04 Å². The number of ether oxygens (including phenoxy) is 1. The summed E-state index contributed by atoms with van der Waals surface area (Å²) in [7, 11) is 1.47. The molecule has 0 bridgehead atoms. The third kappa shape index (κ3) is 3.33. The van der Waals surface area contributed by atoms with E-state index in [-0.39, 0.29) is 12.0 Å². The van der Waals surface area contributed by atoms with Crippen molar-refractivity contribution < 1.29 is 9.53 Å². The van der Waals surface area contributed by atoms with Gasteiger partial charge in [-0.15, -0.1) is 0 Å². The fourth-order valence-corrected chi connectivity index (χ4v) is 2.90. The van der Waals surface area contributed by atoms with Crippen molar-refractivity contribution in [3.63, 3.8) is 0 Å². The van der Waals surface area contributed by atoms with Crippen molar-refractivity contribution in [3.8, 4) is 0 Å². The first-order chi connectivity index (χ1) is 8.70. The number of hydrogen-bond donors (Lipinski definition) is 0. The van der Waals surface area contributed by atoms with Crippen LogP contribution in [0.5, 0.6) is 0 Å². The molecule has 1 atom stereocenters. The van der Waals surface area contributed by atoms with E-state index in [1.54, 1.807) is 0 Å². The van der Waals surface area contributed by atoms with Crippen molar-refractivity contribution in [2.45, 2.75) is 31.8 Å². The molecule has 1 aromatic carbocycles. The largest absolute Gasteiger partial charge is 0.468 e. The Hall–Kier alpha value is -0.870. The topological polar surface area (TPSA) is 29.5 Å². The first kappa shape index (κ1) is 13.6. The van der Waals surface area contributed by atoms with Crippen molar-refractivity contribution in [3.05, 3.63) is 34.3 Å². The summed E-state index contributed by atoms with van der Waals surface area (Å²) < 4.78 is 5.97. The smallest absolute Gasteiger partial charge is 0.323 e. The summed E-state index contributed by atoms with van der Waals surface area (Å²) in [6, 6.07) is 8.15. The van der Waals surface area contributed by atoms with Crippen LogP contribution in [0.25, 0.3) is 0 Å². The molecular weight excluding hydrogens is 294 g/mol. The van der Waals surface area contributed by atoms with Gasteiger partial charge in [-0.25, -0.2) is 0 Å². The molecule has 1 aliphatic rings. The van der Waals surface area contributed by atoms with Gasteiger partial charge in [-0.3, -0.25) is 9.69 Å². The van der Waals surface area contributed by atoms with E-state index < -0.39 is 0 Å². The summed E-state index contributed by atoms with van der Waals surface area (Å²) in [5, 5.41) is 0. The van der Waals surface area contributed by atoms with Crippen LogP contribution in [0.1, 0.15) is 24.8 Å². The highest BCUT2D eigenvalue weighted by Crippen LogP contribution is 2.21. The Kier molecular flexibility index (Phi) is 4.78. The summed E-state index contributed by atoms with van der Waals surface area (Å²) in [5.74, 6) is -0.107. The molecule has 0 unspecified atom stereocenters. The van der Waals surface area contributed by atoms with E-state index in [0.717, 1.165) is 36.8 Å². The van der Waals surface area contributed by atoms with Crippen LogP contribution in [0, 0.1) is 0 Å². The number of benzene rings is 1. The first-order valence-corrected chi connectivity index (χ1v) is 7.06. The number of piperidine rings is 1. The highest BCUT2D eigenvalue weighted by molar-refractivity contribution is 9.10. The van der Waals surface area contributed by atoms with E-state index in [2.05, 4.69) is 33.0 Å². The molecule has 1 saturated heterocycles. The van der Waals surface area contributed by atoms with Gasteiger partial charge in [0, 0.05) is 11.0 Å². The molecule has 1 fully saturated rings. The molecule has 0 spiro atoms. The van der Waals surface area contributed by atoms with Crippen LogP contribution in [0.4, 0.5) is 0 Å². The molecular formula is C14H18BrNO2. The van der Waals surface area contributed by atoms with Crippen LogP contribution in [0.2, 0.25) is 0 Å². The van der Waals surface area contributed by atoms with Crippen LogP contribution in [-0.2, 0) is 16.1 Å². The maximum atomic E-state index is 11.8. The lowest BCUT2D eigenvalue weighted by Crippen LogP contribution is -2.44. The molecule has 1 aliphatic heterocycles. The Morgan fingerprint density at radius 2 is 2.33 bits per heavy atom. The van der Waals surface area contributed by atoms with Gasteiger partial charge >= 0.3 is 5.97 Å². The van der Waals surface area contributed by atoms with Gasteiger partial charge in [0.15, 0.2) is 0 Å². The Bertz CT molecular complexity index is 422. The summed E-state index contributed by atoms with van der Waals surface area (Å²) in [6.45, 7) is 1.77. The van der Waals surface area contributed by atoms with Crippen molar-refractivity contribution in [2.24, 2.45) is 0 Å². The molecule has 0 aliphatic carbocycles. The highest BCUT2D eigenvalue weighted by Gasteiger charge is 2.29. The summed E-state index contributed by atoms with van der Waals surface area (Å²) in [4.78, 5) is 14.0.